The van der Waals surface area contributed by atoms with E-state index in [1.807, 2.05) is 10.8 Å². The number of aldehydes is 1. The number of benzene rings is 1. The van der Waals surface area contributed by atoms with Crippen molar-refractivity contribution in [3.63, 3.8) is 0 Å². The second-order valence-electron chi connectivity index (χ2n) is 4.90. The molecule has 1 aromatic heterocycles. The number of hydrogen-bond acceptors (Lipinski definition) is 2. The zero-order valence-electron chi connectivity index (χ0n) is 10.2. The molecule has 0 amide bonds. The fourth-order valence-electron chi connectivity index (χ4n) is 2.84. The molecule has 0 saturated carbocycles. The van der Waals surface area contributed by atoms with E-state index in [9.17, 15) is 4.79 Å². The van der Waals surface area contributed by atoms with Crippen molar-refractivity contribution in [1.82, 2.24) is 9.55 Å². The Morgan fingerprint density at radius 1 is 1.39 bits per heavy atom. The monoisotopic (exact) mass is 240 g/mol. The molecule has 18 heavy (non-hydrogen) atoms. The SMILES string of the molecule is O=Cc1cn(CC2CCCc3ccccc32)cn1. The molecular formula is C15H16N2O. The van der Waals surface area contributed by atoms with Crippen molar-refractivity contribution in [2.24, 2.45) is 0 Å². The quantitative estimate of drug-likeness (QED) is 0.773. The molecule has 0 aliphatic heterocycles. The van der Waals surface area contributed by atoms with E-state index < -0.39 is 0 Å². The molecule has 1 unspecified atom stereocenters. The normalized spacial score (nSPS) is 18.3. The van der Waals surface area contributed by atoms with Gasteiger partial charge >= 0.3 is 0 Å². The summed E-state index contributed by atoms with van der Waals surface area (Å²) in [6.45, 7) is 0.915. The Morgan fingerprint density at radius 3 is 3.11 bits per heavy atom. The largest absolute Gasteiger partial charge is 0.336 e. The van der Waals surface area contributed by atoms with Crippen LogP contribution < -0.4 is 0 Å². The van der Waals surface area contributed by atoms with Crippen LogP contribution in [-0.4, -0.2) is 15.8 Å². The van der Waals surface area contributed by atoms with E-state index in [1.165, 1.54) is 30.4 Å². The van der Waals surface area contributed by atoms with Gasteiger partial charge in [0.05, 0.1) is 6.33 Å². The van der Waals surface area contributed by atoms with Crippen molar-refractivity contribution in [1.29, 1.82) is 0 Å². The second-order valence-corrected chi connectivity index (χ2v) is 4.90. The minimum atomic E-state index is 0.513. The number of nitrogens with zero attached hydrogens (tertiary/aromatic N) is 2. The predicted molar refractivity (Wildman–Crippen MR) is 69.7 cm³/mol. The Kier molecular flexibility index (Phi) is 2.97. The molecule has 1 heterocycles. The van der Waals surface area contributed by atoms with E-state index in [4.69, 9.17) is 0 Å². The molecule has 2 aromatic rings. The Bertz CT molecular complexity index is 559. The maximum Gasteiger partial charge on any atom is 0.169 e. The lowest BCUT2D eigenvalue weighted by atomic mass is 9.83. The van der Waals surface area contributed by atoms with Crippen molar-refractivity contribution < 1.29 is 4.79 Å². The topological polar surface area (TPSA) is 34.9 Å². The van der Waals surface area contributed by atoms with Gasteiger partial charge in [-0.25, -0.2) is 4.98 Å². The molecule has 0 N–H and O–H groups in total. The molecule has 0 saturated heterocycles. The first-order valence-electron chi connectivity index (χ1n) is 6.41. The van der Waals surface area contributed by atoms with Gasteiger partial charge in [0.2, 0.25) is 0 Å². The summed E-state index contributed by atoms with van der Waals surface area (Å²) >= 11 is 0. The highest BCUT2D eigenvalue weighted by Crippen LogP contribution is 2.32. The molecule has 1 aliphatic carbocycles. The van der Waals surface area contributed by atoms with E-state index in [1.54, 1.807) is 6.33 Å². The third kappa shape index (κ3) is 2.08. The van der Waals surface area contributed by atoms with E-state index in [0.29, 0.717) is 11.6 Å². The van der Waals surface area contributed by atoms with Crippen molar-refractivity contribution in [2.45, 2.75) is 31.7 Å². The molecule has 3 nitrogen and oxygen atoms in total. The number of imidazole rings is 1. The van der Waals surface area contributed by atoms with Crippen LogP contribution in [0.15, 0.2) is 36.8 Å². The standard InChI is InChI=1S/C15H16N2O/c18-10-14-9-17(11-16-14)8-13-6-3-5-12-4-1-2-7-15(12)13/h1-2,4,7,9-11,13H,3,5-6,8H2. The van der Waals surface area contributed by atoms with Crippen LogP contribution in [0.25, 0.3) is 0 Å². The Labute approximate surface area is 106 Å². The summed E-state index contributed by atoms with van der Waals surface area (Å²) in [6.07, 6.45) is 8.02. The number of hydrogen-bond donors (Lipinski definition) is 0. The van der Waals surface area contributed by atoms with Crippen molar-refractivity contribution in [3.05, 3.63) is 53.6 Å². The maximum absolute atomic E-state index is 10.6. The van der Waals surface area contributed by atoms with Gasteiger partial charge in [0.15, 0.2) is 6.29 Å². The molecule has 3 heteroatoms. The fraction of sp³-hybridized carbons (Fsp3) is 0.333. The summed E-state index contributed by atoms with van der Waals surface area (Å²) in [5.41, 5.74) is 3.45. The molecule has 1 atom stereocenters. The van der Waals surface area contributed by atoms with E-state index in [0.717, 1.165) is 12.8 Å². The van der Waals surface area contributed by atoms with Crippen LogP contribution >= 0.6 is 0 Å². The van der Waals surface area contributed by atoms with Gasteiger partial charge in [-0.05, 0) is 30.4 Å². The van der Waals surface area contributed by atoms with Crippen molar-refractivity contribution in [3.8, 4) is 0 Å². The zero-order chi connectivity index (χ0) is 12.4. The number of carbonyl (C=O) groups excluding carboxylic acids is 1. The van der Waals surface area contributed by atoms with E-state index in [2.05, 4.69) is 29.2 Å². The van der Waals surface area contributed by atoms with Crippen LogP contribution in [0.4, 0.5) is 0 Å². The minimum absolute atomic E-state index is 0.513. The lowest BCUT2D eigenvalue weighted by Gasteiger charge is -2.25. The van der Waals surface area contributed by atoms with E-state index in [-0.39, 0.29) is 0 Å². The van der Waals surface area contributed by atoms with Crippen LogP contribution in [-0.2, 0) is 13.0 Å². The zero-order valence-corrected chi connectivity index (χ0v) is 10.2. The summed E-state index contributed by atoms with van der Waals surface area (Å²) in [6, 6.07) is 8.69. The number of aryl methyl sites for hydroxylation is 1. The maximum atomic E-state index is 10.6. The molecule has 0 bridgehead atoms. The lowest BCUT2D eigenvalue weighted by molar-refractivity contribution is 0.111. The highest BCUT2D eigenvalue weighted by molar-refractivity contribution is 5.70. The third-order valence-corrected chi connectivity index (χ3v) is 3.70. The van der Waals surface area contributed by atoms with Gasteiger partial charge in [-0.15, -0.1) is 0 Å². The van der Waals surface area contributed by atoms with Gasteiger partial charge in [-0.1, -0.05) is 24.3 Å². The second kappa shape index (κ2) is 4.77. The molecule has 0 radical (unpaired) electrons. The van der Waals surface area contributed by atoms with Gasteiger partial charge in [0.25, 0.3) is 0 Å². The van der Waals surface area contributed by atoms with Gasteiger partial charge in [-0.3, -0.25) is 4.79 Å². The van der Waals surface area contributed by atoms with Crippen molar-refractivity contribution >= 4 is 6.29 Å². The average molecular weight is 240 g/mol. The smallest absolute Gasteiger partial charge is 0.169 e. The predicted octanol–water partition coefficient (Wildman–Crippen LogP) is 2.82. The fourth-order valence-corrected chi connectivity index (χ4v) is 2.84. The Balaban J connectivity index is 1.83. The lowest BCUT2D eigenvalue weighted by Crippen LogP contribution is -2.14. The molecule has 1 aromatic carbocycles. The number of aromatic nitrogens is 2. The molecule has 1 aliphatic rings. The highest BCUT2D eigenvalue weighted by atomic mass is 16.1. The van der Waals surface area contributed by atoms with Gasteiger partial charge in [0.1, 0.15) is 5.69 Å². The molecule has 0 spiro atoms. The van der Waals surface area contributed by atoms with Crippen LogP contribution in [0.1, 0.15) is 40.4 Å². The third-order valence-electron chi connectivity index (χ3n) is 3.70. The first kappa shape index (κ1) is 11.2. The van der Waals surface area contributed by atoms with Crippen LogP contribution in [0.2, 0.25) is 0 Å². The van der Waals surface area contributed by atoms with Gasteiger partial charge in [-0.2, -0.15) is 0 Å². The number of rotatable bonds is 3. The molecule has 3 rings (SSSR count). The molecule has 92 valence electrons. The summed E-state index contributed by atoms with van der Waals surface area (Å²) in [5, 5.41) is 0. The first-order chi connectivity index (χ1) is 8.86. The van der Waals surface area contributed by atoms with Crippen LogP contribution in [0, 0.1) is 0 Å². The summed E-state index contributed by atoms with van der Waals surface area (Å²) in [7, 11) is 0. The van der Waals surface area contributed by atoms with Gasteiger partial charge < -0.3 is 4.57 Å². The Morgan fingerprint density at radius 2 is 2.28 bits per heavy atom. The summed E-state index contributed by atoms with van der Waals surface area (Å²) < 4.78 is 2.02. The van der Waals surface area contributed by atoms with Crippen molar-refractivity contribution in [2.75, 3.05) is 0 Å². The highest BCUT2D eigenvalue weighted by Gasteiger charge is 2.19. The molecule has 0 fully saturated rings. The van der Waals surface area contributed by atoms with Gasteiger partial charge in [0, 0.05) is 18.7 Å². The Hall–Kier alpha value is -1.90. The summed E-state index contributed by atoms with van der Waals surface area (Å²) in [4.78, 5) is 14.7. The van der Waals surface area contributed by atoms with Crippen LogP contribution in [0.3, 0.4) is 0 Å². The van der Waals surface area contributed by atoms with Crippen LogP contribution in [0.5, 0.6) is 0 Å². The minimum Gasteiger partial charge on any atom is -0.336 e. The van der Waals surface area contributed by atoms with E-state index >= 15 is 0 Å². The average Bonchev–Trinajstić information content (AvgIpc) is 2.87. The number of fused-ring (bicyclic) bond motifs is 1. The summed E-state index contributed by atoms with van der Waals surface area (Å²) in [5.74, 6) is 0.545. The molecular weight excluding hydrogens is 224 g/mol. The number of carbonyl (C=O) groups is 1. The first-order valence-corrected chi connectivity index (χ1v) is 6.41.